The van der Waals surface area contributed by atoms with Crippen molar-refractivity contribution >= 4 is 34.8 Å². The van der Waals surface area contributed by atoms with Gasteiger partial charge in [0.25, 0.3) is 5.91 Å². The Kier molecular flexibility index (Phi) is 6.94. The fourth-order valence-electron chi connectivity index (χ4n) is 3.02. The van der Waals surface area contributed by atoms with Crippen LogP contribution in [0.25, 0.3) is 0 Å². The Bertz CT molecular complexity index is 900. The highest BCUT2D eigenvalue weighted by atomic mass is 35.5. The second kappa shape index (κ2) is 9.61. The van der Waals surface area contributed by atoms with Gasteiger partial charge in [0.15, 0.2) is 0 Å². The largest absolute Gasteiger partial charge is 0.359 e. The van der Waals surface area contributed by atoms with E-state index in [1.807, 2.05) is 24.3 Å². The number of nitrogens with zero attached hydrogens (tertiary/aromatic N) is 3. The van der Waals surface area contributed by atoms with Crippen molar-refractivity contribution < 1.29 is 4.79 Å². The highest BCUT2D eigenvalue weighted by Crippen LogP contribution is 2.25. The first-order valence-electron chi connectivity index (χ1n) is 8.94. The van der Waals surface area contributed by atoms with Crippen molar-refractivity contribution in [1.29, 1.82) is 5.26 Å². The van der Waals surface area contributed by atoms with Gasteiger partial charge in [0, 0.05) is 43.9 Å². The van der Waals surface area contributed by atoms with Crippen LogP contribution in [0, 0.1) is 11.3 Å². The van der Waals surface area contributed by atoms with E-state index in [-0.39, 0.29) is 11.5 Å². The molecule has 5 nitrogen and oxygen atoms in total. The number of hydrogen-bond acceptors (Lipinski definition) is 4. The summed E-state index contributed by atoms with van der Waals surface area (Å²) in [6.45, 7) is 3.57. The quantitative estimate of drug-likeness (QED) is 0.589. The number of rotatable bonds is 5. The van der Waals surface area contributed by atoms with Crippen LogP contribution in [0.1, 0.15) is 5.56 Å². The van der Waals surface area contributed by atoms with E-state index < -0.39 is 0 Å². The first kappa shape index (κ1) is 20.2. The highest BCUT2D eigenvalue weighted by Gasteiger charge is 2.23. The lowest BCUT2D eigenvalue weighted by molar-refractivity contribution is -0.128. The monoisotopic (exact) mass is 414 g/mol. The van der Waals surface area contributed by atoms with Crippen molar-refractivity contribution in [3.8, 4) is 6.07 Å². The number of amides is 1. The summed E-state index contributed by atoms with van der Waals surface area (Å²) < 4.78 is 0. The van der Waals surface area contributed by atoms with Gasteiger partial charge in [-0.05, 0) is 23.8 Å². The summed E-state index contributed by atoms with van der Waals surface area (Å²) in [5.41, 5.74) is 1.83. The molecular formula is C21H20Cl2N4O. The lowest BCUT2D eigenvalue weighted by Gasteiger charge is -2.34. The number of hydrogen-bond donors (Lipinski definition) is 1. The summed E-state index contributed by atoms with van der Waals surface area (Å²) >= 11 is 12.1. The number of piperazine rings is 1. The topological polar surface area (TPSA) is 59.4 Å². The zero-order valence-corrected chi connectivity index (χ0v) is 16.7. The van der Waals surface area contributed by atoms with Crippen LogP contribution in [0.4, 0.5) is 5.69 Å². The second-order valence-corrected chi connectivity index (χ2v) is 7.34. The minimum Gasteiger partial charge on any atom is -0.359 e. The molecule has 1 fully saturated rings. The molecule has 144 valence electrons. The predicted molar refractivity (Wildman–Crippen MR) is 112 cm³/mol. The molecule has 0 unspecified atom stereocenters. The third kappa shape index (κ3) is 5.26. The molecule has 7 heteroatoms. The molecule has 0 radical (unpaired) electrons. The maximum Gasteiger partial charge on any atom is 0.266 e. The van der Waals surface area contributed by atoms with E-state index in [0.717, 1.165) is 19.6 Å². The van der Waals surface area contributed by atoms with Crippen molar-refractivity contribution in [2.75, 3.05) is 31.5 Å². The smallest absolute Gasteiger partial charge is 0.266 e. The molecule has 3 rings (SSSR count). The maximum atomic E-state index is 12.7. The zero-order chi connectivity index (χ0) is 19.9. The molecule has 1 N–H and O–H groups in total. The molecule has 0 saturated carbocycles. The fraction of sp³-hybridized carbons (Fsp3) is 0.238. The van der Waals surface area contributed by atoms with Gasteiger partial charge in [-0.15, -0.1) is 0 Å². The molecule has 2 aromatic rings. The van der Waals surface area contributed by atoms with E-state index in [1.165, 1.54) is 11.8 Å². The third-order valence-electron chi connectivity index (χ3n) is 4.56. The standard InChI is InChI=1S/C21H20Cl2N4O/c22-18-6-7-19(23)20(12-18)25-14-17(13-24)21(28)27-10-8-26(9-11-27)15-16-4-2-1-3-5-16/h1-7,12,14,25H,8-11,15H2/b17-14-. The van der Waals surface area contributed by atoms with Crippen LogP contribution in [-0.2, 0) is 11.3 Å². The molecule has 1 amide bonds. The molecule has 0 bridgehead atoms. The summed E-state index contributed by atoms with van der Waals surface area (Å²) in [7, 11) is 0. The van der Waals surface area contributed by atoms with Gasteiger partial charge in [0.1, 0.15) is 11.6 Å². The lowest BCUT2D eigenvalue weighted by atomic mass is 10.2. The summed E-state index contributed by atoms with van der Waals surface area (Å²) in [5, 5.41) is 13.3. The van der Waals surface area contributed by atoms with Gasteiger partial charge < -0.3 is 10.2 Å². The van der Waals surface area contributed by atoms with Crippen molar-refractivity contribution in [1.82, 2.24) is 9.80 Å². The van der Waals surface area contributed by atoms with Crippen LogP contribution >= 0.6 is 23.2 Å². The van der Waals surface area contributed by atoms with Crippen molar-refractivity contribution in [3.05, 3.63) is 75.9 Å². The van der Waals surface area contributed by atoms with Crippen LogP contribution in [0.15, 0.2) is 60.3 Å². The molecule has 1 heterocycles. The van der Waals surface area contributed by atoms with Gasteiger partial charge in [-0.3, -0.25) is 9.69 Å². The average molecular weight is 415 g/mol. The molecule has 0 aromatic heterocycles. The number of halogens is 2. The van der Waals surface area contributed by atoms with E-state index in [4.69, 9.17) is 23.2 Å². The molecule has 2 aromatic carbocycles. The Labute approximate surface area is 174 Å². The fourth-order valence-corrected chi connectivity index (χ4v) is 3.37. The molecule has 1 aliphatic rings. The van der Waals surface area contributed by atoms with Crippen LogP contribution in [0.3, 0.4) is 0 Å². The maximum absolute atomic E-state index is 12.7. The summed E-state index contributed by atoms with van der Waals surface area (Å²) in [6, 6.07) is 17.2. The van der Waals surface area contributed by atoms with Crippen LogP contribution in [-0.4, -0.2) is 41.9 Å². The van der Waals surface area contributed by atoms with Crippen LogP contribution < -0.4 is 5.32 Å². The molecule has 0 spiro atoms. The predicted octanol–water partition coefficient (Wildman–Crippen LogP) is 4.16. The third-order valence-corrected chi connectivity index (χ3v) is 5.12. The zero-order valence-electron chi connectivity index (χ0n) is 15.2. The van der Waals surface area contributed by atoms with Gasteiger partial charge in [0.2, 0.25) is 0 Å². The van der Waals surface area contributed by atoms with E-state index in [2.05, 4.69) is 22.3 Å². The van der Waals surface area contributed by atoms with Gasteiger partial charge >= 0.3 is 0 Å². The molecule has 0 atom stereocenters. The molecule has 1 saturated heterocycles. The van der Waals surface area contributed by atoms with Crippen molar-refractivity contribution in [3.63, 3.8) is 0 Å². The number of benzene rings is 2. The SMILES string of the molecule is N#C/C(=C/Nc1cc(Cl)ccc1Cl)C(=O)N1CCN(Cc2ccccc2)CC1. The minimum atomic E-state index is -0.285. The van der Waals surface area contributed by atoms with Crippen molar-refractivity contribution in [2.24, 2.45) is 0 Å². The number of nitriles is 1. The summed E-state index contributed by atoms with van der Waals surface area (Å²) in [5.74, 6) is -0.285. The summed E-state index contributed by atoms with van der Waals surface area (Å²) in [4.78, 5) is 16.7. The van der Waals surface area contributed by atoms with Crippen LogP contribution in [0.2, 0.25) is 10.0 Å². The van der Waals surface area contributed by atoms with Gasteiger partial charge in [-0.25, -0.2) is 0 Å². The van der Waals surface area contributed by atoms with Gasteiger partial charge in [-0.1, -0.05) is 53.5 Å². The Morgan fingerprint density at radius 3 is 2.50 bits per heavy atom. The molecule has 1 aliphatic heterocycles. The van der Waals surface area contributed by atoms with Gasteiger partial charge in [0.05, 0.1) is 10.7 Å². The van der Waals surface area contributed by atoms with E-state index >= 15 is 0 Å². The first-order valence-corrected chi connectivity index (χ1v) is 9.70. The Morgan fingerprint density at radius 1 is 1.11 bits per heavy atom. The Hall–Kier alpha value is -2.52. The molecule has 28 heavy (non-hydrogen) atoms. The lowest BCUT2D eigenvalue weighted by Crippen LogP contribution is -2.48. The highest BCUT2D eigenvalue weighted by molar-refractivity contribution is 6.35. The minimum absolute atomic E-state index is 0.0348. The second-order valence-electron chi connectivity index (χ2n) is 6.49. The molecular weight excluding hydrogens is 395 g/mol. The molecule has 0 aliphatic carbocycles. The number of anilines is 1. The van der Waals surface area contributed by atoms with E-state index in [1.54, 1.807) is 23.1 Å². The van der Waals surface area contributed by atoms with E-state index in [9.17, 15) is 10.1 Å². The first-order chi connectivity index (χ1) is 13.6. The summed E-state index contributed by atoms with van der Waals surface area (Å²) in [6.07, 6.45) is 1.39. The van der Waals surface area contributed by atoms with Crippen LogP contribution in [0.5, 0.6) is 0 Å². The Morgan fingerprint density at radius 2 is 1.82 bits per heavy atom. The van der Waals surface area contributed by atoms with Crippen molar-refractivity contribution in [2.45, 2.75) is 6.54 Å². The average Bonchev–Trinajstić information content (AvgIpc) is 2.72. The Balaban J connectivity index is 1.58. The van der Waals surface area contributed by atoms with E-state index in [0.29, 0.717) is 28.8 Å². The number of nitrogens with one attached hydrogen (secondary N) is 1. The normalized spacial score (nSPS) is 15.2. The number of carbonyl (C=O) groups excluding carboxylic acids is 1. The van der Waals surface area contributed by atoms with Gasteiger partial charge in [-0.2, -0.15) is 5.26 Å². The number of carbonyl (C=O) groups is 1.